The third-order valence-electron chi connectivity index (χ3n) is 3.48. The number of pyridine rings is 1. The van der Waals surface area contributed by atoms with Crippen molar-refractivity contribution in [1.29, 1.82) is 0 Å². The normalized spacial score (nSPS) is 11.6. The van der Waals surface area contributed by atoms with Gasteiger partial charge in [-0.3, -0.25) is 0 Å². The van der Waals surface area contributed by atoms with Gasteiger partial charge in [0.1, 0.15) is 0 Å². The molecule has 0 aliphatic rings. The third kappa shape index (κ3) is 3.70. The van der Waals surface area contributed by atoms with Gasteiger partial charge in [0.25, 0.3) is 0 Å². The van der Waals surface area contributed by atoms with Crippen LogP contribution in [-0.4, -0.2) is 34.3 Å². The van der Waals surface area contributed by atoms with Crippen molar-refractivity contribution in [3.05, 3.63) is 36.0 Å². The monoisotopic (exact) mass is 288 g/mol. The average Bonchev–Trinajstić information content (AvgIpc) is 2.44. The fourth-order valence-corrected chi connectivity index (χ4v) is 2.16. The summed E-state index contributed by atoms with van der Waals surface area (Å²) in [6, 6.07) is 9.00. The van der Waals surface area contributed by atoms with Crippen LogP contribution in [0.25, 0.3) is 10.9 Å². The molecule has 1 aromatic carbocycles. The summed E-state index contributed by atoms with van der Waals surface area (Å²) >= 11 is 0. The van der Waals surface area contributed by atoms with E-state index in [1.165, 1.54) is 0 Å². The number of aliphatic hydroxyl groups excluding tert-OH is 1. The number of aliphatic hydroxyl groups is 1. The minimum atomic E-state index is -1.04. The van der Waals surface area contributed by atoms with E-state index < -0.39 is 5.97 Å². The number of carboxylic acids is 1. The number of fused-ring (bicyclic) bond motifs is 1. The fraction of sp³-hybridized carbons (Fsp3) is 0.375. The number of benzene rings is 1. The highest BCUT2D eigenvalue weighted by Crippen LogP contribution is 2.26. The standard InChI is InChI=1S/C16H20N2O3/c1-16(2,7-8-19)10-17-13-9-14(15(20)21)18-12-6-4-3-5-11(12)13/h3-6,9,19H,7-8,10H2,1-2H3,(H,17,18)(H,20,21). The summed E-state index contributed by atoms with van der Waals surface area (Å²) < 4.78 is 0. The number of hydrogen-bond acceptors (Lipinski definition) is 4. The zero-order chi connectivity index (χ0) is 15.5. The predicted molar refractivity (Wildman–Crippen MR) is 82.7 cm³/mol. The molecule has 2 aromatic rings. The van der Waals surface area contributed by atoms with Crippen LogP contribution in [-0.2, 0) is 0 Å². The quantitative estimate of drug-likeness (QED) is 0.761. The van der Waals surface area contributed by atoms with Gasteiger partial charge in [-0.05, 0) is 24.0 Å². The zero-order valence-electron chi connectivity index (χ0n) is 12.3. The first-order valence-corrected chi connectivity index (χ1v) is 6.91. The van der Waals surface area contributed by atoms with Gasteiger partial charge in [-0.1, -0.05) is 32.0 Å². The first-order valence-electron chi connectivity index (χ1n) is 6.91. The molecule has 2 rings (SSSR count). The lowest BCUT2D eigenvalue weighted by molar-refractivity contribution is 0.0691. The number of para-hydroxylation sites is 1. The molecule has 0 amide bonds. The van der Waals surface area contributed by atoms with E-state index in [0.29, 0.717) is 18.5 Å². The van der Waals surface area contributed by atoms with Crippen LogP contribution < -0.4 is 5.32 Å². The Morgan fingerprint density at radius 2 is 2.05 bits per heavy atom. The van der Waals surface area contributed by atoms with Crippen LogP contribution in [0.1, 0.15) is 30.8 Å². The maximum Gasteiger partial charge on any atom is 0.354 e. The van der Waals surface area contributed by atoms with E-state index in [2.05, 4.69) is 24.1 Å². The second-order valence-corrected chi connectivity index (χ2v) is 5.87. The molecular formula is C16H20N2O3. The highest BCUT2D eigenvalue weighted by Gasteiger charge is 2.18. The Hall–Kier alpha value is -2.14. The van der Waals surface area contributed by atoms with Crippen LogP contribution >= 0.6 is 0 Å². The topological polar surface area (TPSA) is 82.5 Å². The molecule has 0 saturated carbocycles. The van der Waals surface area contributed by atoms with Gasteiger partial charge in [0.2, 0.25) is 0 Å². The summed E-state index contributed by atoms with van der Waals surface area (Å²) in [6.07, 6.45) is 0.675. The SMILES string of the molecule is CC(C)(CCO)CNc1cc(C(=O)O)nc2ccccc12. The molecule has 3 N–H and O–H groups in total. The molecule has 0 fully saturated rings. The van der Waals surface area contributed by atoms with E-state index in [-0.39, 0.29) is 17.7 Å². The van der Waals surface area contributed by atoms with Gasteiger partial charge in [-0.15, -0.1) is 0 Å². The van der Waals surface area contributed by atoms with Gasteiger partial charge in [0.15, 0.2) is 5.69 Å². The number of carboxylic acid groups (broad SMARTS) is 1. The third-order valence-corrected chi connectivity index (χ3v) is 3.48. The lowest BCUT2D eigenvalue weighted by Crippen LogP contribution is -2.24. The maximum atomic E-state index is 11.2. The Balaban J connectivity index is 2.35. The molecule has 0 atom stereocenters. The van der Waals surface area contributed by atoms with E-state index in [0.717, 1.165) is 11.1 Å². The van der Waals surface area contributed by atoms with Gasteiger partial charge in [0, 0.05) is 24.2 Å². The Kier molecular flexibility index (Phi) is 4.43. The second kappa shape index (κ2) is 6.10. The van der Waals surface area contributed by atoms with E-state index in [9.17, 15) is 4.79 Å². The predicted octanol–water partition coefficient (Wildman–Crippen LogP) is 2.75. The summed E-state index contributed by atoms with van der Waals surface area (Å²) in [4.78, 5) is 15.3. The van der Waals surface area contributed by atoms with Crippen molar-refractivity contribution >= 4 is 22.6 Å². The smallest absolute Gasteiger partial charge is 0.354 e. The van der Waals surface area contributed by atoms with E-state index in [1.807, 2.05) is 18.2 Å². The Morgan fingerprint density at radius 1 is 1.33 bits per heavy atom. The highest BCUT2D eigenvalue weighted by molar-refractivity contribution is 5.97. The summed E-state index contributed by atoms with van der Waals surface area (Å²) in [6.45, 7) is 4.88. The molecular weight excluding hydrogens is 268 g/mol. The molecule has 1 heterocycles. The summed E-state index contributed by atoms with van der Waals surface area (Å²) in [5.74, 6) is -1.04. The van der Waals surface area contributed by atoms with Crippen molar-refractivity contribution in [3.8, 4) is 0 Å². The van der Waals surface area contributed by atoms with E-state index in [1.54, 1.807) is 12.1 Å². The van der Waals surface area contributed by atoms with Crippen molar-refractivity contribution in [2.24, 2.45) is 5.41 Å². The minimum absolute atomic E-state index is 0.0242. The van der Waals surface area contributed by atoms with Crippen LogP contribution in [0.15, 0.2) is 30.3 Å². The summed E-state index contributed by atoms with van der Waals surface area (Å²) in [7, 11) is 0. The molecule has 0 aliphatic heterocycles. The summed E-state index contributed by atoms with van der Waals surface area (Å²) in [5, 5.41) is 22.4. The number of rotatable bonds is 6. The number of nitrogens with one attached hydrogen (secondary N) is 1. The van der Waals surface area contributed by atoms with E-state index in [4.69, 9.17) is 10.2 Å². The van der Waals surface area contributed by atoms with Crippen molar-refractivity contribution in [2.45, 2.75) is 20.3 Å². The lowest BCUT2D eigenvalue weighted by atomic mass is 9.89. The van der Waals surface area contributed by atoms with Gasteiger partial charge in [-0.25, -0.2) is 9.78 Å². The first-order chi connectivity index (χ1) is 9.93. The molecule has 5 nitrogen and oxygen atoms in total. The second-order valence-electron chi connectivity index (χ2n) is 5.87. The Labute approximate surface area is 123 Å². The Bertz CT molecular complexity index is 653. The molecule has 21 heavy (non-hydrogen) atoms. The fourth-order valence-electron chi connectivity index (χ4n) is 2.16. The van der Waals surface area contributed by atoms with Crippen molar-refractivity contribution in [3.63, 3.8) is 0 Å². The molecule has 0 bridgehead atoms. The molecule has 0 radical (unpaired) electrons. The van der Waals surface area contributed by atoms with Gasteiger partial charge >= 0.3 is 5.97 Å². The van der Waals surface area contributed by atoms with Gasteiger partial charge < -0.3 is 15.5 Å². The lowest BCUT2D eigenvalue weighted by Gasteiger charge is -2.25. The molecule has 0 spiro atoms. The molecule has 0 aliphatic carbocycles. The number of aromatic nitrogens is 1. The van der Waals surface area contributed by atoms with Crippen LogP contribution in [0, 0.1) is 5.41 Å². The summed E-state index contributed by atoms with van der Waals surface area (Å²) in [5.41, 5.74) is 1.35. The van der Waals surface area contributed by atoms with Crippen molar-refractivity contribution in [2.75, 3.05) is 18.5 Å². The van der Waals surface area contributed by atoms with Crippen molar-refractivity contribution in [1.82, 2.24) is 4.98 Å². The zero-order valence-corrected chi connectivity index (χ0v) is 12.3. The highest BCUT2D eigenvalue weighted by atomic mass is 16.4. The van der Waals surface area contributed by atoms with Crippen LogP contribution in [0.4, 0.5) is 5.69 Å². The van der Waals surface area contributed by atoms with E-state index >= 15 is 0 Å². The van der Waals surface area contributed by atoms with Crippen LogP contribution in [0.2, 0.25) is 0 Å². The number of nitrogens with zero attached hydrogens (tertiary/aromatic N) is 1. The van der Waals surface area contributed by atoms with Crippen molar-refractivity contribution < 1.29 is 15.0 Å². The molecule has 112 valence electrons. The molecule has 0 unspecified atom stereocenters. The first kappa shape index (κ1) is 15.3. The molecule has 5 heteroatoms. The Morgan fingerprint density at radius 3 is 2.71 bits per heavy atom. The van der Waals surface area contributed by atoms with Crippen LogP contribution in [0.3, 0.4) is 0 Å². The largest absolute Gasteiger partial charge is 0.477 e. The van der Waals surface area contributed by atoms with Gasteiger partial charge in [-0.2, -0.15) is 0 Å². The van der Waals surface area contributed by atoms with Gasteiger partial charge in [0.05, 0.1) is 5.52 Å². The molecule has 0 saturated heterocycles. The number of hydrogen-bond donors (Lipinski definition) is 3. The minimum Gasteiger partial charge on any atom is -0.477 e. The number of anilines is 1. The van der Waals surface area contributed by atoms with Crippen LogP contribution in [0.5, 0.6) is 0 Å². The average molecular weight is 288 g/mol. The maximum absolute atomic E-state index is 11.2. The molecule has 1 aromatic heterocycles. The number of aromatic carboxylic acids is 1. The number of carbonyl (C=O) groups is 1.